The first-order chi connectivity index (χ1) is 11.9. The number of halogens is 1. The van der Waals surface area contributed by atoms with E-state index >= 15 is 0 Å². The van der Waals surface area contributed by atoms with Gasteiger partial charge in [-0.15, -0.1) is 0 Å². The van der Waals surface area contributed by atoms with Crippen molar-refractivity contribution >= 4 is 21.6 Å². The molecule has 0 unspecified atom stereocenters. The van der Waals surface area contributed by atoms with E-state index in [4.69, 9.17) is 0 Å². The highest BCUT2D eigenvalue weighted by Gasteiger charge is 2.51. The van der Waals surface area contributed by atoms with Crippen LogP contribution in [-0.2, 0) is 14.8 Å². The highest BCUT2D eigenvalue weighted by molar-refractivity contribution is 7.92. The summed E-state index contributed by atoms with van der Waals surface area (Å²) in [5.41, 5.74) is 1.29. The van der Waals surface area contributed by atoms with Crippen molar-refractivity contribution in [2.75, 3.05) is 10.8 Å². The number of para-hydroxylation sites is 1. The minimum atomic E-state index is -4.14. The summed E-state index contributed by atoms with van der Waals surface area (Å²) in [7, 11) is -4.14. The molecule has 0 aliphatic carbocycles. The zero-order valence-electron chi connectivity index (χ0n) is 13.5. The van der Waals surface area contributed by atoms with E-state index in [1.807, 2.05) is 19.1 Å². The molecule has 2 aromatic rings. The molecule has 2 aliphatic heterocycles. The molecule has 0 saturated carbocycles. The number of amides is 1. The van der Waals surface area contributed by atoms with Gasteiger partial charge >= 0.3 is 0 Å². The molecule has 1 N–H and O–H groups in total. The Hall–Kier alpha value is -2.41. The van der Waals surface area contributed by atoms with E-state index in [0.717, 1.165) is 11.6 Å². The lowest BCUT2D eigenvalue weighted by Gasteiger charge is -2.41. The number of nitrogens with zero attached hydrogens (tertiary/aromatic N) is 1. The van der Waals surface area contributed by atoms with Gasteiger partial charge in [-0.25, -0.2) is 12.8 Å². The van der Waals surface area contributed by atoms with Gasteiger partial charge in [0.25, 0.3) is 10.0 Å². The number of anilines is 1. The first-order valence-electron chi connectivity index (χ1n) is 8.08. The summed E-state index contributed by atoms with van der Waals surface area (Å²) in [6.07, 6.45) is 0. The van der Waals surface area contributed by atoms with Gasteiger partial charge in [-0.2, -0.15) is 0 Å². The van der Waals surface area contributed by atoms with E-state index in [1.54, 1.807) is 12.1 Å². The lowest BCUT2D eigenvalue weighted by atomic mass is 9.80. The van der Waals surface area contributed by atoms with Crippen LogP contribution in [0.5, 0.6) is 0 Å². The fourth-order valence-corrected chi connectivity index (χ4v) is 5.69. The van der Waals surface area contributed by atoms with Crippen LogP contribution in [0.4, 0.5) is 10.1 Å². The maximum absolute atomic E-state index is 14.2. The quantitative estimate of drug-likeness (QED) is 0.893. The molecule has 0 bridgehead atoms. The summed E-state index contributed by atoms with van der Waals surface area (Å²) in [5, 5.41) is 2.76. The molecule has 130 valence electrons. The van der Waals surface area contributed by atoms with Crippen molar-refractivity contribution in [3.8, 4) is 0 Å². The smallest absolute Gasteiger partial charge is 0.267 e. The summed E-state index contributed by atoms with van der Waals surface area (Å²) in [5.74, 6) is -1.57. The molecule has 1 saturated heterocycles. The average molecular weight is 360 g/mol. The SMILES string of the molecule is C[C@@H]1c2ccccc2N(S(=O)(=O)c2ccccc2F)[C@H]2CNC(=O)[C@@H]12. The standard InChI is InChI=1S/C18H17FN2O3S/c1-11-12-6-2-4-8-14(12)21(15-10-20-18(22)17(11)15)25(23,24)16-9-5-3-7-13(16)19/h2-9,11,15,17H,10H2,1H3,(H,20,22)/t11-,15+,17+/m1/s1. The van der Waals surface area contributed by atoms with Gasteiger partial charge in [-0.3, -0.25) is 9.10 Å². The van der Waals surface area contributed by atoms with Gasteiger partial charge in [0.1, 0.15) is 10.7 Å². The van der Waals surface area contributed by atoms with Crippen molar-refractivity contribution < 1.29 is 17.6 Å². The molecule has 4 rings (SSSR count). The maximum atomic E-state index is 14.2. The van der Waals surface area contributed by atoms with Crippen molar-refractivity contribution in [1.29, 1.82) is 0 Å². The van der Waals surface area contributed by atoms with Crippen molar-refractivity contribution in [3.05, 3.63) is 59.9 Å². The zero-order chi connectivity index (χ0) is 17.8. The van der Waals surface area contributed by atoms with Gasteiger partial charge in [0.15, 0.2) is 0 Å². The number of carbonyl (C=O) groups is 1. The second-order valence-corrected chi connectivity index (χ2v) is 8.20. The van der Waals surface area contributed by atoms with Crippen LogP contribution in [-0.4, -0.2) is 26.9 Å². The maximum Gasteiger partial charge on any atom is 0.267 e. The third-order valence-electron chi connectivity index (χ3n) is 5.08. The van der Waals surface area contributed by atoms with Crippen LogP contribution in [0, 0.1) is 11.7 Å². The minimum Gasteiger partial charge on any atom is -0.354 e. The average Bonchev–Trinajstić information content (AvgIpc) is 2.97. The van der Waals surface area contributed by atoms with Gasteiger partial charge < -0.3 is 5.32 Å². The Labute approximate surface area is 145 Å². The number of sulfonamides is 1. The van der Waals surface area contributed by atoms with E-state index in [-0.39, 0.29) is 23.3 Å². The number of nitrogens with one attached hydrogen (secondary N) is 1. The van der Waals surface area contributed by atoms with E-state index in [1.165, 1.54) is 22.5 Å². The summed E-state index contributed by atoms with van der Waals surface area (Å²) < 4.78 is 42.0. The Bertz CT molecular complexity index is 960. The Morgan fingerprint density at radius 3 is 2.56 bits per heavy atom. The molecule has 0 radical (unpaired) electrons. The molecule has 1 amide bonds. The summed E-state index contributed by atoms with van der Waals surface area (Å²) in [6, 6.07) is 11.9. The van der Waals surface area contributed by atoms with Gasteiger partial charge in [0.05, 0.1) is 17.6 Å². The van der Waals surface area contributed by atoms with E-state index in [0.29, 0.717) is 5.69 Å². The lowest BCUT2D eigenvalue weighted by Crippen LogP contribution is -2.50. The van der Waals surface area contributed by atoms with Crippen molar-refractivity contribution in [3.63, 3.8) is 0 Å². The van der Waals surface area contributed by atoms with Crippen LogP contribution >= 0.6 is 0 Å². The summed E-state index contributed by atoms with van der Waals surface area (Å²) >= 11 is 0. The second-order valence-electron chi connectivity index (χ2n) is 6.42. The van der Waals surface area contributed by atoms with Crippen LogP contribution in [0.3, 0.4) is 0 Å². The van der Waals surface area contributed by atoms with Crippen LogP contribution in [0.1, 0.15) is 18.4 Å². The van der Waals surface area contributed by atoms with E-state index in [2.05, 4.69) is 5.32 Å². The van der Waals surface area contributed by atoms with E-state index < -0.39 is 27.8 Å². The number of hydrogen-bond donors (Lipinski definition) is 1. The van der Waals surface area contributed by atoms with Crippen LogP contribution < -0.4 is 9.62 Å². The third kappa shape index (κ3) is 2.26. The van der Waals surface area contributed by atoms with Crippen LogP contribution in [0.2, 0.25) is 0 Å². The molecule has 2 aliphatic rings. The fraction of sp³-hybridized carbons (Fsp3) is 0.278. The first kappa shape index (κ1) is 16.1. The molecule has 3 atom stereocenters. The second kappa shape index (κ2) is 5.56. The monoisotopic (exact) mass is 360 g/mol. The van der Waals surface area contributed by atoms with Gasteiger partial charge in [-0.05, 0) is 29.7 Å². The molecule has 2 heterocycles. The predicted molar refractivity (Wildman–Crippen MR) is 91.2 cm³/mol. The zero-order valence-corrected chi connectivity index (χ0v) is 14.3. The van der Waals surface area contributed by atoms with Crippen molar-refractivity contribution in [1.82, 2.24) is 5.32 Å². The Morgan fingerprint density at radius 2 is 1.80 bits per heavy atom. The minimum absolute atomic E-state index is 0.115. The summed E-state index contributed by atoms with van der Waals surface area (Å²) in [6.45, 7) is 2.14. The van der Waals surface area contributed by atoms with Gasteiger partial charge in [0, 0.05) is 6.54 Å². The topological polar surface area (TPSA) is 66.5 Å². The summed E-state index contributed by atoms with van der Waals surface area (Å²) in [4.78, 5) is 11.9. The molecular formula is C18H17FN2O3S. The number of rotatable bonds is 2. The predicted octanol–water partition coefficient (Wildman–Crippen LogP) is 2.25. The Kier molecular flexibility index (Phi) is 3.57. The molecule has 5 nitrogen and oxygen atoms in total. The van der Waals surface area contributed by atoms with Crippen molar-refractivity contribution in [2.45, 2.75) is 23.8 Å². The third-order valence-corrected chi connectivity index (χ3v) is 6.95. The van der Waals surface area contributed by atoms with Crippen LogP contribution in [0.15, 0.2) is 53.4 Å². The number of hydrogen-bond acceptors (Lipinski definition) is 3. The number of benzene rings is 2. The van der Waals surface area contributed by atoms with E-state index in [9.17, 15) is 17.6 Å². The molecule has 7 heteroatoms. The molecule has 1 fully saturated rings. The highest BCUT2D eigenvalue weighted by Crippen LogP contribution is 2.46. The van der Waals surface area contributed by atoms with Crippen molar-refractivity contribution in [2.24, 2.45) is 5.92 Å². The molecular weight excluding hydrogens is 343 g/mol. The molecule has 0 aromatic heterocycles. The van der Waals surface area contributed by atoms with Gasteiger partial charge in [0.2, 0.25) is 5.91 Å². The largest absolute Gasteiger partial charge is 0.354 e. The number of fused-ring (bicyclic) bond motifs is 2. The molecule has 2 aromatic carbocycles. The number of carbonyl (C=O) groups excluding carboxylic acids is 1. The normalized spacial score (nSPS) is 25.3. The molecule has 0 spiro atoms. The lowest BCUT2D eigenvalue weighted by molar-refractivity contribution is -0.123. The first-order valence-corrected chi connectivity index (χ1v) is 9.52. The highest BCUT2D eigenvalue weighted by atomic mass is 32.2. The molecule has 25 heavy (non-hydrogen) atoms. The van der Waals surface area contributed by atoms with Gasteiger partial charge in [-0.1, -0.05) is 37.3 Å². The van der Waals surface area contributed by atoms with Crippen LogP contribution in [0.25, 0.3) is 0 Å². The fourth-order valence-electron chi connectivity index (χ4n) is 3.93. The Morgan fingerprint density at radius 1 is 1.12 bits per heavy atom. The Balaban J connectivity index is 1.95.